The normalized spacial score (nSPS) is 11.5. The lowest BCUT2D eigenvalue weighted by molar-refractivity contribution is -0.121. The molecule has 0 aliphatic carbocycles. The van der Waals surface area contributed by atoms with E-state index in [-0.39, 0.29) is 30.8 Å². The van der Waals surface area contributed by atoms with E-state index < -0.39 is 0 Å². The highest BCUT2D eigenvalue weighted by atomic mass is 35.5. The maximum absolute atomic E-state index is 12.0. The summed E-state index contributed by atoms with van der Waals surface area (Å²) in [6, 6.07) is 16.8. The fraction of sp³-hybridized carbons (Fsp3) is 0.300. The number of hydrogen-bond acceptors (Lipinski definition) is 3. The van der Waals surface area contributed by atoms with E-state index in [0.717, 1.165) is 5.69 Å². The Labute approximate surface area is 159 Å². The monoisotopic (exact) mass is 373 g/mol. The lowest BCUT2D eigenvalue weighted by atomic mass is 10.2. The van der Waals surface area contributed by atoms with E-state index in [0.29, 0.717) is 17.1 Å². The van der Waals surface area contributed by atoms with Gasteiger partial charge in [-0.25, -0.2) is 0 Å². The molecule has 2 amide bonds. The number of para-hydroxylation sites is 1. The summed E-state index contributed by atoms with van der Waals surface area (Å²) >= 11 is 5.80. The van der Waals surface area contributed by atoms with E-state index in [9.17, 15) is 9.59 Å². The molecule has 2 rings (SSSR count). The maximum Gasteiger partial charge on any atom is 0.251 e. The second-order valence-corrected chi connectivity index (χ2v) is 6.55. The van der Waals surface area contributed by atoms with Crippen molar-refractivity contribution in [2.75, 3.05) is 25.0 Å². The molecule has 0 bridgehead atoms. The largest absolute Gasteiger partial charge is 0.370 e. The van der Waals surface area contributed by atoms with E-state index in [2.05, 4.69) is 22.5 Å². The number of hydrogen-bond donors (Lipinski definition) is 2. The van der Waals surface area contributed by atoms with E-state index in [1.165, 1.54) is 0 Å². The Hall–Kier alpha value is -2.53. The van der Waals surface area contributed by atoms with Crippen LogP contribution in [0.4, 0.5) is 5.69 Å². The number of carbonyl (C=O) groups is 2. The predicted octanol–water partition coefficient (Wildman–Crippen LogP) is 3.10. The quantitative estimate of drug-likeness (QED) is 0.747. The van der Waals surface area contributed by atoms with Crippen molar-refractivity contribution in [3.8, 4) is 0 Å². The van der Waals surface area contributed by atoms with Gasteiger partial charge in [0.1, 0.15) is 0 Å². The van der Waals surface area contributed by atoms with Gasteiger partial charge in [-0.15, -0.1) is 0 Å². The van der Waals surface area contributed by atoms with Gasteiger partial charge in [0, 0.05) is 48.9 Å². The molecule has 0 saturated heterocycles. The summed E-state index contributed by atoms with van der Waals surface area (Å²) in [4.78, 5) is 26.0. The lowest BCUT2D eigenvalue weighted by Gasteiger charge is -2.27. The maximum atomic E-state index is 12.0. The van der Waals surface area contributed by atoms with Crippen LogP contribution in [0.2, 0.25) is 5.02 Å². The zero-order chi connectivity index (χ0) is 18.9. The van der Waals surface area contributed by atoms with Crippen LogP contribution >= 0.6 is 11.6 Å². The first kappa shape index (κ1) is 19.8. The van der Waals surface area contributed by atoms with Crippen LogP contribution in [0.3, 0.4) is 0 Å². The van der Waals surface area contributed by atoms with Gasteiger partial charge in [-0.2, -0.15) is 0 Å². The minimum atomic E-state index is -0.216. The van der Waals surface area contributed by atoms with Crippen LogP contribution in [0.5, 0.6) is 0 Å². The minimum absolute atomic E-state index is 0.0882. The predicted molar refractivity (Wildman–Crippen MR) is 106 cm³/mol. The number of anilines is 1. The molecule has 138 valence electrons. The standard InChI is InChI=1S/C20H24ClN3O2/c1-15(24(2)18-6-4-3-5-7-18)14-23-19(25)12-13-22-20(26)16-8-10-17(21)11-9-16/h3-11,15H,12-14H2,1-2H3,(H,22,26)(H,23,25). The van der Waals surface area contributed by atoms with Crippen molar-refractivity contribution < 1.29 is 9.59 Å². The highest BCUT2D eigenvalue weighted by Crippen LogP contribution is 2.13. The zero-order valence-electron chi connectivity index (χ0n) is 15.0. The molecule has 2 aromatic carbocycles. The van der Waals surface area contributed by atoms with Gasteiger partial charge in [-0.1, -0.05) is 29.8 Å². The number of likely N-dealkylation sites (N-methyl/N-ethyl adjacent to an activating group) is 1. The molecule has 26 heavy (non-hydrogen) atoms. The highest BCUT2D eigenvalue weighted by molar-refractivity contribution is 6.30. The molecule has 0 heterocycles. The fourth-order valence-electron chi connectivity index (χ4n) is 2.40. The second-order valence-electron chi connectivity index (χ2n) is 6.11. The molecule has 0 saturated carbocycles. The van der Waals surface area contributed by atoms with Crippen LogP contribution in [-0.4, -0.2) is 38.0 Å². The van der Waals surface area contributed by atoms with Crippen molar-refractivity contribution in [3.05, 3.63) is 65.2 Å². The van der Waals surface area contributed by atoms with Gasteiger partial charge in [0.25, 0.3) is 5.91 Å². The molecule has 0 radical (unpaired) electrons. The molecule has 6 heteroatoms. The summed E-state index contributed by atoms with van der Waals surface area (Å²) < 4.78 is 0. The lowest BCUT2D eigenvalue weighted by Crippen LogP contribution is -2.41. The Bertz CT molecular complexity index is 720. The topological polar surface area (TPSA) is 61.4 Å². The third-order valence-corrected chi connectivity index (χ3v) is 4.42. The molecule has 0 spiro atoms. The van der Waals surface area contributed by atoms with Crippen LogP contribution in [0, 0.1) is 0 Å². The molecule has 1 atom stereocenters. The Balaban J connectivity index is 1.68. The van der Waals surface area contributed by atoms with Gasteiger partial charge in [0.2, 0.25) is 5.91 Å². The average molecular weight is 374 g/mol. The number of benzene rings is 2. The molecule has 1 unspecified atom stereocenters. The molecule has 0 aliphatic heterocycles. The highest BCUT2D eigenvalue weighted by Gasteiger charge is 2.11. The van der Waals surface area contributed by atoms with E-state index in [4.69, 9.17) is 11.6 Å². The Morgan fingerprint density at radius 2 is 1.69 bits per heavy atom. The molecule has 2 aromatic rings. The molecule has 0 aromatic heterocycles. The summed E-state index contributed by atoms with van der Waals surface area (Å²) in [6.45, 7) is 2.88. The number of nitrogens with zero attached hydrogens (tertiary/aromatic N) is 1. The number of nitrogens with one attached hydrogen (secondary N) is 2. The van der Waals surface area contributed by atoms with Crippen molar-refractivity contribution in [3.63, 3.8) is 0 Å². The summed E-state index contributed by atoms with van der Waals surface area (Å²) in [5.74, 6) is -0.304. The first-order valence-electron chi connectivity index (χ1n) is 8.55. The summed E-state index contributed by atoms with van der Waals surface area (Å²) in [5.41, 5.74) is 1.62. The average Bonchev–Trinajstić information content (AvgIpc) is 2.66. The van der Waals surface area contributed by atoms with Gasteiger partial charge in [-0.05, 0) is 43.3 Å². The first-order valence-corrected chi connectivity index (χ1v) is 8.93. The van der Waals surface area contributed by atoms with Gasteiger partial charge < -0.3 is 15.5 Å². The smallest absolute Gasteiger partial charge is 0.251 e. The Kier molecular flexibility index (Phi) is 7.48. The van der Waals surface area contributed by atoms with Crippen LogP contribution < -0.4 is 15.5 Å². The van der Waals surface area contributed by atoms with Crippen LogP contribution in [0.15, 0.2) is 54.6 Å². The van der Waals surface area contributed by atoms with E-state index >= 15 is 0 Å². The molecule has 5 nitrogen and oxygen atoms in total. The minimum Gasteiger partial charge on any atom is -0.370 e. The second kappa shape index (κ2) is 9.82. The van der Waals surface area contributed by atoms with Gasteiger partial charge in [-0.3, -0.25) is 9.59 Å². The fourth-order valence-corrected chi connectivity index (χ4v) is 2.52. The van der Waals surface area contributed by atoms with Crippen molar-refractivity contribution >= 4 is 29.1 Å². The number of rotatable bonds is 8. The third-order valence-electron chi connectivity index (χ3n) is 4.16. The zero-order valence-corrected chi connectivity index (χ0v) is 15.8. The molecule has 0 aliphatic rings. The number of amides is 2. The molecule has 2 N–H and O–H groups in total. The van der Waals surface area contributed by atoms with Crippen molar-refractivity contribution in [2.24, 2.45) is 0 Å². The Morgan fingerprint density at radius 1 is 1.04 bits per heavy atom. The van der Waals surface area contributed by atoms with Gasteiger partial charge >= 0.3 is 0 Å². The molecular formula is C20H24ClN3O2. The summed E-state index contributed by atoms with van der Waals surface area (Å²) in [6.07, 6.45) is 0.237. The van der Waals surface area contributed by atoms with Crippen molar-refractivity contribution in [1.29, 1.82) is 0 Å². The summed E-state index contributed by atoms with van der Waals surface area (Å²) in [5, 5.41) is 6.22. The molecule has 0 fully saturated rings. The first-order chi connectivity index (χ1) is 12.5. The van der Waals surface area contributed by atoms with Crippen molar-refractivity contribution in [1.82, 2.24) is 10.6 Å². The SMILES string of the molecule is CC(CNC(=O)CCNC(=O)c1ccc(Cl)cc1)N(C)c1ccccc1. The van der Waals surface area contributed by atoms with Gasteiger partial charge in [0.15, 0.2) is 0 Å². The Morgan fingerprint density at radius 3 is 2.35 bits per heavy atom. The van der Waals surface area contributed by atoms with Crippen LogP contribution in [-0.2, 0) is 4.79 Å². The van der Waals surface area contributed by atoms with Gasteiger partial charge in [0.05, 0.1) is 0 Å². The number of carbonyl (C=O) groups excluding carboxylic acids is 2. The number of halogens is 1. The van der Waals surface area contributed by atoms with E-state index in [1.807, 2.05) is 37.4 Å². The molecular weight excluding hydrogens is 350 g/mol. The van der Waals surface area contributed by atoms with Crippen LogP contribution in [0.25, 0.3) is 0 Å². The third kappa shape index (κ3) is 6.08. The van der Waals surface area contributed by atoms with E-state index in [1.54, 1.807) is 24.3 Å². The van der Waals surface area contributed by atoms with Crippen molar-refractivity contribution in [2.45, 2.75) is 19.4 Å². The van der Waals surface area contributed by atoms with Crippen LogP contribution in [0.1, 0.15) is 23.7 Å². The summed E-state index contributed by atoms with van der Waals surface area (Å²) in [7, 11) is 2.00.